The zero-order chi connectivity index (χ0) is 14.4. The molecular formula is C14H26N2O3. The van der Waals surface area contributed by atoms with Gasteiger partial charge in [0.2, 0.25) is 5.91 Å². The number of amides is 1. The molecule has 1 amide bonds. The summed E-state index contributed by atoms with van der Waals surface area (Å²) in [7, 11) is 0. The molecule has 1 rings (SSSR count). The molecule has 1 saturated carbocycles. The van der Waals surface area contributed by atoms with Crippen LogP contribution in [-0.2, 0) is 9.59 Å². The Morgan fingerprint density at radius 2 is 1.89 bits per heavy atom. The Labute approximate surface area is 115 Å². The predicted molar refractivity (Wildman–Crippen MR) is 74.0 cm³/mol. The maximum absolute atomic E-state index is 12.1. The minimum absolute atomic E-state index is 0.0558. The van der Waals surface area contributed by atoms with Crippen molar-refractivity contribution in [2.24, 2.45) is 0 Å². The van der Waals surface area contributed by atoms with Crippen LogP contribution in [0.2, 0.25) is 0 Å². The Balaban J connectivity index is 2.66. The standard InChI is InChI=1S/C14H26N2O3/c1-4-10(2)15-14(19)11(3)16(9-13(17)18)12-7-5-6-8-12/h10-12H,4-9H2,1-3H3,(H,15,19)(H,17,18). The number of nitrogens with zero attached hydrogens (tertiary/aromatic N) is 1. The first-order chi connectivity index (χ1) is 8.95. The van der Waals surface area contributed by atoms with E-state index < -0.39 is 5.97 Å². The number of carboxylic acid groups (broad SMARTS) is 1. The molecule has 0 saturated heterocycles. The van der Waals surface area contributed by atoms with Gasteiger partial charge in [-0.2, -0.15) is 0 Å². The molecule has 0 radical (unpaired) electrons. The highest BCUT2D eigenvalue weighted by Gasteiger charge is 2.31. The molecule has 110 valence electrons. The lowest BCUT2D eigenvalue weighted by Gasteiger charge is -2.32. The zero-order valence-electron chi connectivity index (χ0n) is 12.2. The number of rotatable bonds is 7. The number of carboxylic acids is 1. The van der Waals surface area contributed by atoms with Crippen molar-refractivity contribution in [3.63, 3.8) is 0 Å². The van der Waals surface area contributed by atoms with Crippen molar-refractivity contribution in [3.8, 4) is 0 Å². The Hall–Kier alpha value is -1.10. The summed E-state index contributed by atoms with van der Waals surface area (Å²) in [5.41, 5.74) is 0. The summed E-state index contributed by atoms with van der Waals surface area (Å²) in [5, 5.41) is 12.0. The highest BCUT2D eigenvalue weighted by molar-refractivity contribution is 5.82. The van der Waals surface area contributed by atoms with Crippen molar-refractivity contribution in [1.82, 2.24) is 10.2 Å². The Kier molecular flexibility index (Phi) is 6.28. The maximum Gasteiger partial charge on any atom is 0.317 e. The normalized spacial score (nSPS) is 19.4. The number of nitrogens with one attached hydrogen (secondary N) is 1. The van der Waals surface area contributed by atoms with E-state index in [0.29, 0.717) is 0 Å². The fourth-order valence-electron chi connectivity index (χ4n) is 2.59. The van der Waals surface area contributed by atoms with Crippen LogP contribution in [0.3, 0.4) is 0 Å². The zero-order valence-corrected chi connectivity index (χ0v) is 12.2. The van der Waals surface area contributed by atoms with E-state index in [1.165, 1.54) is 0 Å². The molecule has 0 spiro atoms. The molecule has 19 heavy (non-hydrogen) atoms. The number of carbonyl (C=O) groups is 2. The minimum atomic E-state index is -0.866. The number of hydrogen-bond donors (Lipinski definition) is 2. The van der Waals surface area contributed by atoms with Gasteiger partial charge in [0.1, 0.15) is 0 Å². The van der Waals surface area contributed by atoms with E-state index in [1.807, 2.05) is 18.7 Å². The molecule has 5 heteroatoms. The Morgan fingerprint density at radius 3 is 2.37 bits per heavy atom. The molecular weight excluding hydrogens is 244 g/mol. The van der Waals surface area contributed by atoms with Gasteiger partial charge < -0.3 is 10.4 Å². The van der Waals surface area contributed by atoms with Gasteiger partial charge in [-0.3, -0.25) is 14.5 Å². The first kappa shape index (κ1) is 16.0. The molecule has 0 bridgehead atoms. The summed E-state index contributed by atoms with van der Waals surface area (Å²) in [6.45, 7) is 5.72. The highest BCUT2D eigenvalue weighted by Crippen LogP contribution is 2.25. The van der Waals surface area contributed by atoms with Gasteiger partial charge in [0.15, 0.2) is 0 Å². The monoisotopic (exact) mass is 270 g/mol. The van der Waals surface area contributed by atoms with Gasteiger partial charge in [-0.1, -0.05) is 19.8 Å². The summed E-state index contributed by atoms with van der Waals surface area (Å²) >= 11 is 0. The Morgan fingerprint density at radius 1 is 1.32 bits per heavy atom. The van der Waals surface area contributed by atoms with Gasteiger partial charge in [-0.05, 0) is 33.1 Å². The summed E-state index contributed by atoms with van der Waals surface area (Å²) in [5.74, 6) is -0.933. The fraction of sp³-hybridized carbons (Fsp3) is 0.857. The molecule has 2 atom stereocenters. The van der Waals surface area contributed by atoms with E-state index in [2.05, 4.69) is 5.32 Å². The molecule has 1 fully saturated rings. The molecule has 2 unspecified atom stereocenters. The third kappa shape index (κ3) is 4.82. The van der Waals surface area contributed by atoms with E-state index >= 15 is 0 Å². The van der Waals surface area contributed by atoms with Crippen molar-refractivity contribution < 1.29 is 14.7 Å². The molecule has 0 heterocycles. The Bertz CT molecular complexity index is 314. The van der Waals surface area contributed by atoms with Gasteiger partial charge in [0.25, 0.3) is 0 Å². The summed E-state index contributed by atoms with van der Waals surface area (Å²) < 4.78 is 0. The van der Waals surface area contributed by atoms with Gasteiger partial charge >= 0.3 is 5.97 Å². The third-order valence-electron chi connectivity index (χ3n) is 3.99. The van der Waals surface area contributed by atoms with E-state index in [4.69, 9.17) is 5.11 Å². The lowest BCUT2D eigenvalue weighted by Crippen LogP contribution is -2.52. The van der Waals surface area contributed by atoms with Gasteiger partial charge in [0, 0.05) is 12.1 Å². The van der Waals surface area contributed by atoms with Crippen molar-refractivity contribution in [1.29, 1.82) is 0 Å². The first-order valence-electron chi connectivity index (χ1n) is 7.23. The van der Waals surface area contributed by atoms with Gasteiger partial charge in [0.05, 0.1) is 12.6 Å². The van der Waals surface area contributed by atoms with E-state index in [-0.39, 0.29) is 30.6 Å². The molecule has 0 aliphatic heterocycles. The fourth-order valence-corrected chi connectivity index (χ4v) is 2.59. The van der Waals surface area contributed by atoms with E-state index in [0.717, 1.165) is 32.1 Å². The SMILES string of the molecule is CCC(C)NC(=O)C(C)N(CC(=O)O)C1CCCC1. The second kappa shape index (κ2) is 7.48. The van der Waals surface area contributed by atoms with Crippen LogP contribution in [0, 0.1) is 0 Å². The van der Waals surface area contributed by atoms with E-state index in [9.17, 15) is 9.59 Å². The topological polar surface area (TPSA) is 69.6 Å². The quantitative estimate of drug-likeness (QED) is 0.737. The van der Waals surface area contributed by atoms with Crippen LogP contribution < -0.4 is 5.32 Å². The second-order valence-corrected chi connectivity index (χ2v) is 5.50. The van der Waals surface area contributed by atoms with Crippen LogP contribution in [-0.4, -0.2) is 46.6 Å². The van der Waals surface area contributed by atoms with E-state index in [1.54, 1.807) is 6.92 Å². The van der Waals surface area contributed by atoms with Crippen molar-refractivity contribution in [2.75, 3.05) is 6.54 Å². The summed E-state index contributed by atoms with van der Waals surface area (Å²) in [6, 6.07) is -0.0211. The van der Waals surface area contributed by atoms with Crippen LogP contribution in [0.4, 0.5) is 0 Å². The molecule has 0 aromatic rings. The lowest BCUT2D eigenvalue weighted by molar-refractivity contribution is -0.141. The largest absolute Gasteiger partial charge is 0.480 e. The number of hydrogen-bond acceptors (Lipinski definition) is 3. The van der Waals surface area contributed by atoms with Crippen LogP contribution in [0.15, 0.2) is 0 Å². The number of aliphatic carboxylic acids is 1. The smallest absolute Gasteiger partial charge is 0.317 e. The molecule has 1 aliphatic rings. The predicted octanol–water partition coefficient (Wildman–Crippen LogP) is 1.62. The van der Waals surface area contributed by atoms with Crippen LogP contribution in [0.1, 0.15) is 52.9 Å². The summed E-state index contributed by atoms with van der Waals surface area (Å²) in [6.07, 6.45) is 5.12. The molecule has 0 aromatic carbocycles. The average molecular weight is 270 g/mol. The van der Waals surface area contributed by atoms with Crippen LogP contribution >= 0.6 is 0 Å². The lowest BCUT2D eigenvalue weighted by atomic mass is 10.1. The average Bonchev–Trinajstić information content (AvgIpc) is 2.88. The first-order valence-corrected chi connectivity index (χ1v) is 7.23. The molecule has 5 nitrogen and oxygen atoms in total. The van der Waals surface area contributed by atoms with Crippen LogP contribution in [0.5, 0.6) is 0 Å². The van der Waals surface area contributed by atoms with Crippen molar-refractivity contribution >= 4 is 11.9 Å². The number of carbonyl (C=O) groups excluding carboxylic acids is 1. The molecule has 2 N–H and O–H groups in total. The molecule has 0 aromatic heterocycles. The third-order valence-corrected chi connectivity index (χ3v) is 3.99. The maximum atomic E-state index is 12.1. The van der Waals surface area contributed by atoms with Crippen LogP contribution in [0.25, 0.3) is 0 Å². The van der Waals surface area contributed by atoms with Gasteiger partial charge in [-0.25, -0.2) is 0 Å². The van der Waals surface area contributed by atoms with Gasteiger partial charge in [-0.15, -0.1) is 0 Å². The highest BCUT2D eigenvalue weighted by atomic mass is 16.4. The minimum Gasteiger partial charge on any atom is -0.480 e. The van der Waals surface area contributed by atoms with Crippen molar-refractivity contribution in [3.05, 3.63) is 0 Å². The second-order valence-electron chi connectivity index (χ2n) is 5.50. The summed E-state index contributed by atoms with van der Waals surface area (Å²) in [4.78, 5) is 25.0. The van der Waals surface area contributed by atoms with Crippen molar-refractivity contribution in [2.45, 2.75) is 71.0 Å². The molecule has 1 aliphatic carbocycles.